The standard InChI is InChI=1S/C13H17N3S/c1-2-3-7-14-12-11-9-5-4-6-10(9)17-13(11)16-8-15-12/h8H,2-7H2,1H3,(H,14,15,16). The second-order valence-electron chi connectivity index (χ2n) is 4.54. The van der Waals surface area contributed by atoms with E-state index in [0.29, 0.717) is 0 Å². The van der Waals surface area contributed by atoms with Crippen molar-refractivity contribution in [1.82, 2.24) is 9.97 Å². The first-order valence-electron chi connectivity index (χ1n) is 6.39. The molecule has 3 nitrogen and oxygen atoms in total. The molecule has 0 saturated carbocycles. The van der Waals surface area contributed by atoms with Crippen LogP contribution in [0.3, 0.4) is 0 Å². The fourth-order valence-corrected chi connectivity index (χ4v) is 3.68. The Labute approximate surface area is 105 Å². The van der Waals surface area contributed by atoms with E-state index in [4.69, 9.17) is 0 Å². The predicted octanol–water partition coefficient (Wildman–Crippen LogP) is 3.39. The summed E-state index contributed by atoms with van der Waals surface area (Å²) < 4.78 is 0. The van der Waals surface area contributed by atoms with E-state index in [-0.39, 0.29) is 0 Å². The van der Waals surface area contributed by atoms with E-state index in [2.05, 4.69) is 22.2 Å². The van der Waals surface area contributed by atoms with Crippen molar-refractivity contribution >= 4 is 27.4 Å². The normalized spacial score (nSPS) is 14.2. The Hall–Kier alpha value is -1.16. The van der Waals surface area contributed by atoms with Gasteiger partial charge in [-0.1, -0.05) is 13.3 Å². The summed E-state index contributed by atoms with van der Waals surface area (Å²) in [6.07, 6.45) is 7.80. The van der Waals surface area contributed by atoms with Gasteiger partial charge in [0.1, 0.15) is 17.0 Å². The number of aryl methyl sites for hydroxylation is 2. The van der Waals surface area contributed by atoms with Crippen LogP contribution in [0.15, 0.2) is 6.33 Å². The molecule has 0 amide bonds. The van der Waals surface area contributed by atoms with Crippen molar-refractivity contribution in [2.45, 2.75) is 39.0 Å². The van der Waals surface area contributed by atoms with Crippen molar-refractivity contribution in [3.05, 3.63) is 16.8 Å². The van der Waals surface area contributed by atoms with Crippen LogP contribution in [0.1, 0.15) is 36.6 Å². The van der Waals surface area contributed by atoms with Gasteiger partial charge in [0.15, 0.2) is 0 Å². The van der Waals surface area contributed by atoms with Gasteiger partial charge in [-0.25, -0.2) is 9.97 Å². The van der Waals surface area contributed by atoms with Gasteiger partial charge in [0, 0.05) is 11.4 Å². The molecule has 0 atom stereocenters. The Bertz CT molecular complexity index is 533. The lowest BCUT2D eigenvalue weighted by Crippen LogP contribution is -2.03. The molecule has 90 valence electrons. The molecule has 0 bridgehead atoms. The summed E-state index contributed by atoms with van der Waals surface area (Å²) >= 11 is 1.85. The van der Waals surface area contributed by atoms with Crippen LogP contribution < -0.4 is 5.32 Å². The molecule has 3 rings (SSSR count). The number of nitrogens with zero attached hydrogens (tertiary/aromatic N) is 2. The number of thiophene rings is 1. The maximum absolute atomic E-state index is 4.41. The maximum Gasteiger partial charge on any atom is 0.138 e. The Morgan fingerprint density at radius 1 is 1.35 bits per heavy atom. The maximum atomic E-state index is 4.41. The minimum Gasteiger partial charge on any atom is -0.369 e. The van der Waals surface area contributed by atoms with Crippen molar-refractivity contribution in [2.75, 3.05) is 11.9 Å². The molecule has 0 radical (unpaired) electrons. The summed E-state index contributed by atoms with van der Waals surface area (Å²) in [6, 6.07) is 0. The molecule has 0 fully saturated rings. The van der Waals surface area contributed by atoms with E-state index < -0.39 is 0 Å². The van der Waals surface area contributed by atoms with Gasteiger partial charge < -0.3 is 5.32 Å². The second kappa shape index (κ2) is 4.61. The third-order valence-electron chi connectivity index (χ3n) is 3.32. The van der Waals surface area contributed by atoms with Crippen LogP contribution in [-0.2, 0) is 12.8 Å². The molecular weight excluding hydrogens is 230 g/mol. The van der Waals surface area contributed by atoms with Gasteiger partial charge in [-0.15, -0.1) is 11.3 Å². The highest BCUT2D eigenvalue weighted by atomic mass is 32.1. The Balaban J connectivity index is 1.99. The minimum atomic E-state index is 1.01. The molecule has 2 aromatic rings. The van der Waals surface area contributed by atoms with Crippen LogP contribution in [0.5, 0.6) is 0 Å². The second-order valence-corrected chi connectivity index (χ2v) is 5.62. The fourth-order valence-electron chi connectivity index (χ4n) is 2.45. The zero-order valence-corrected chi connectivity index (χ0v) is 10.9. The van der Waals surface area contributed by atoms with Crippen LogP contribution >= 0.6 is 11.3 Å². The smallest absolute Gasteiger partial charge is 0.138 e. The summed E-state index contributed by atoms with van der Waals surface area (Å²) in [7, 11) is 0. The number of anilines is 1. The van der Waals surface area contributed by atoms with Crippen LogP contribution in [-0.4, -0.2) is 16.5 Å². The SMILES string of the molecule is CCCCNc1ncnc2sc3c(c12)CCC3. The highest BCUT2D eigenvalue weighted by Gasteiger charge is 2.20. The molecule has 0 spiro atoms. The van der Waals surface area contributed by atoms with Gasteiger partial charge in [0.25, 0.3) is 0 Å². The van der Waals surface area contributed by atoms with E-state index >= 15 is 0 Å². The van der Waals surface area contributed by atoms with Crippen LogP contribution in [0, 0.1) is 0 Å². The molecule has 0 aliphatic heterocycles. The zero-order valence-electron chi connectivity index (χ0n) is 10.1. The largest absolute Gasteiger partial charge is 0.369 e. The lowest BCUT2D eigenvalue weighted by molar-refractivity contribution is 0.831. The third-order valence-corrected chi connectivity index (χ3v) is 4.52. The Kier molecular flexibility index (Phi) is 2.97. The molecule has 2 heterocycles. The van der Waals surface area contributed by atoms with Crippen molar-refractivity contribution in [1.29, 1.82) is 0 Å². The van der Waals surface area contributed by atoms with Crippen LogP contribution in [0.2, 0.25) is 0 Å². The summed E-state index contributed by atoms with van der Waals surface area (Å²) in [5.74, 6) is 1.04. The average Bonchev–Trinajstić information content (AvgIpc) is 2.89. The summed E-state index contributed by atoms with van der Waals surface area (Å²) in [4.78, 5) is 11.5. The topological polar surface area (TPSA) is 37.8 Å². The molecule has 17 heavy (non-hydrogen) atoms. The van der Waals surface area contributed by atoms with E-state index in [1.807, 2.05) is 11.3 Å². The molecule has 1 aliphatic carbocycles. The fraction of sp³-hybridized carbons (Fsp3) is 0.538. The lowest BCUT2D eigenvalue weighted by atomic mass is 10.2. The van der Waals surface area contributed by atoms with E-state index in [9.17, 15) is 0 Å². The van der Waals surface area contributed by atoms with E-state index in [0.717, 1.165) is 17.2 Å². The number of fused-ring (bicyclic) bond motifs is 3. The van der Waals surface area contributed by atoms with Crippen molar-refractivity contribution < 1.29 is 0 Å². The predicted molar refractivity (Wildman–Crippen MR) is 72.8 cm³/mol. The van der Waals surface area contributed by atoms with Crippen molar-refractivity contribution in [3.8, 4) is 0 Å². The van der Waals surface area contributed by atoms with Crippen LogP contribution in [0.25, 0.3) is 10.2 Å². The number of hydrogen-bond donors (Lipinski definition) is 1. The van der Waals surface area contributed by atoms with Gasteiger partial charge in [0.05, 0.1) is 5.39 Å². The van der Waals surface area contributed by atoms with Crippen LogP contribution in [0.4, 0.5) is 5.82 Å². The van der Waals surface area contributed by atoms with Gasteiger partial charge in [-0.3, -0.25) is 0 Å². The Morgan fingerprint density at radius 2 is 2.29 bits per heavy atom. The van der Waals surface area contributed by atoms with E-state index in [1.54, 1.807) is 6.33 Å². The number of unbranched alkanes of at least 4 members (excludes halogenated alkanes) is 1. The molecule has 1 N–H and O–H groups in total. The quantitative estimate of drug-likeness (QED) is 0.842. The zero-order chi connectivity index (χ0) is 11.7. The van der Waals surface area contributed by atoms with Gasteiger partial charge in [-0.2, -0.15) is 0 Å². The van der Waals surface area contributed by atoms with Gasteiger partial charge in [0.2, 0.25) is 0 Å². The number of hydrogen-bond acceptors (Lipinski definition) is 4. The molecule has 0 aromatic carbocycles. The first-order valence-corrected chi connectivity index (χ1v) is 7.21. The molecular formula is C13H17N3S. The van der Waals surface area contributed by atoms with Gasteiger partial charge in [-0.05, 0) is 31.2 Å². The molecule has 1 aliphatic rings. The molecule has 0 unspecified atom stereocenters. The summed E-state index contributed by atoms with van der Waals surface area (Å²) in [6.45, 7) is 3.22. The van der Waals surface area contributed by atoms with Crippen molar-refractivity contribution in [3.63, 3.8) is 0 Å². The first kappa shape index (κ1) is 11.0. The highest BCUT2D eigenvalue weighted by Crippen LogP contribution is 2.38. The highest BCUT2D eigenvalue weighted by molar-refractivity contribution is 7.19. The number of nitrogens with one attached hydrogen (secondary N) is 1. The minimum absolute atomic E-state index is 1.01. The third kappa shape index (κ3) is 1.90. The number of aromatic nitrogens is 2. The van der Waals surface area contributed by atoms with Gasteiger partial charge >= 0.3 is 0 Å². The monoisotopic (exact) mass is 247 g/mol. The molecule has 0 saturated heterocycles. The van der Waals surface area contributed by atoms with E-state index in [1.165, 1.54) is 47.9 Å². The Morgan fingerprint density at radius 3 is 3.18 bits per heavy atom. The van der Waals surface area contributed by atoms with Crippen molar-refractivity contribution in [2.24, 2.45) is 0 Å². The average molecular weight is 247 g/mol. The number of rotatable bonds is 4. The summed E-state index contributed by atoms with van der Waals surface area (Å²) in [5.41, 5.74) is 1.50. The molecule has 4 heteroatoms. The lowest BCUT2D eigenvalue weighted by Gasteiger charge is -2.06. The summed E-state index contributed by atoms with van der Waals surface area (Å²) in [5, 5.41) is 4.75. The first-order chi connectivity index (χ1) is 8.40. The molecule has 2 aromatic heterocycles.